The van der Waals surface area contributed by atoms with Crippen molar-refractivity contribution in [2.45, 2.75) is 6.32 Å². The highest BCUT2D eigenvalue weighted by Crippen LogP contribution is 1.75. The highest BCUT2D eigenvalue weighted by atomic mass is 14.8. The second-order valence-corrected chi connectivity index (χ2v) is 1.50. The highest BCUT2D eigenvalue weighted by molar-refractivity contribution is 6.48. The zero-order valence-electron chi connectivity index (χ0n) is 5.67. The molecule has 0 unspecified atom stereocenters. The van der Waals surface area contributed by atoms with Crippen molar-refractivity contribution in [2.75, 3.05) is 7.05 Å². The van der Waals surface area contributed by atoms with Crippen LogP contribution in [0.25, 0.3) is 0 Å². The van der Waals surface area contributed by atoms with Crippen LogP contribution in [0.4, 0.5) is 0 Å². The summed E-state index contributed by atoms with van der Waals surface area (Å²) in [5.41, 5.74) is 0. The Morgan fingerprint density at radius 2 is 2.33 bits per heavy atom. The highest BCUT2D eigenvalue weighted by Gasteiger charge is 1.70. The fraction of sp³-hybridized carbons (Fsp3) is 0.333. The van der Waals surface area contributed by atoms with Crippen molar-refractivity contribution in [2.24, 2.45) is 0 Å². The van der Waals surface area contributed by atoms with E-state index in [9.17, 15) is 0 Å². The first-order valence-electron chi connectivity index (χ1n) is 2.94. The lowest BCUT2D eigenvalue weighted by Crippen LogP contribution is -1.92. The molecule has 45 valence electrons. The molecule has 1 N–H and O–H groups in total. The van der Waals surface area contributed by atoms with Crippen molar-refractivity contribution in [3.8, 4) is 0 Å². The molecule has 0 rings (SSSR count). The van der Waals surface area contributed by atoms with Crippen molar-refractivity contribution >= 4 is 15.1 Å². The second-order valence-electron chi connectivity index (χ2n) is 1.50. The van der Waals surface area contributed by atoms with Crippen molar-refractivity contribution in [3.05, 3.63) is 24.2 Å². The van der Waals surface area contributed by atoms with E-state index in [2.05, 4.69) is 5.32 Å². The van der Waals surface area contributed by atoms with Gasteiger partial charge in [0.15, 0.2) is 7.28 Å². The largest absolute Gasteiger partial charge is 0.395 e. The van der Waals surface area contributed by atoms with Gasteiger partial charge in [0.2, 0.25) is 0 Å². The summed E-state index contributed by atoms with van der Waals surface area (Å²) in [6, 6.07) is 0. The van der Waals surface area contributed by atoms with Crippen molar-refractivity contribution in [1.82, 2.24) is 5.32 Å². The van der Waals surface area contributed by atoms with Gasteiger partial charge < -0.3 is 5.32 Å². The maximum absolute atomic E-state index is 5.20. The molecular weight excluding hydrogens is 108 g/mol. The Morgan fingerprint density at radius 1 is 1.56 bits per heavy atom. The minimum absolute atomic E-state index is 0.601. The molecule has 3 heteroatoms. The molecule has 0 amide bonds. The Bertz CT molecular complexity index is 87.2. The van der Waals surface area contributed by atoms with Gasteiger partial charge in [0.1, 0.15) is 0 Å². The molecule has 0 heterocycles. The summed E-state index contributed by atoms with van der Waals surface area (Å²) in [6.07, 6.45) is 4.34. The quantitative estimate of drug-likeness (QED) is 0.529. The Labute approximate surface area is 58.9 Å². The molecule has 0 saturated carbocycles. The third kappa shape index (κ3) is 7.41. The molecule has 9 heavy (non-hydrogen) atoms. The van der Waals surface area contributed by atoms with Gasteiger partial charge in [0, 0.05) is 7.05 Å². The third-order valence-electron chi connectivity index (χ3n) is 0.757. The summed E-state index contributed by atoms with van der Waals surface area (Å²) >= 11 is 0. The molecule has 0 aliphatic heterocycles. The van der Waals surface area contributed by atoms with E-state index in [1.165, 1.54) is 0 Å². The Kier molecular flexibility index (Phi) is 6.92. The first-order chi connectivity index (χ1) is 4.41. The standard InChI is InChI=1S/C6H10B2N/c1-9-6-5-8-4-2-3-7/h2,4-6,9H,3H2,1H3/b4-2?,6-5-. The smallest absolute Gasteiger partial charge is 0.172 e. The SMILES string of the molecule is [B]CC=C[B]/C=C\NC. The van der Waals surface area contributed by atoms with Gasteiger partial charge in [-0.2, -0.15) is 0 Å². The zero-order valence-corrected chi connectivity index (χ0v) is 5.67. The van der Waals surface area contributed by atoms with E-state index < -0.39 is 0 Å². The van der Waals surface area contributed by atoms with Crippen LogP contribution >= 0.6 is 0 Å². The van der Waals surface area contributed by atoms with Crippen molar-refractivity contribution < 1.29 is 0 Å². The lowest BCUT2D eigenvalue weighted by Gasteiger charge is -1.81. The van der Waals surface area contributed by atoms with Crippen LogP contribution in [0.15, 0.2) is 24.2 Å². The predicted molar refractivity (Wildman–Crippen MR) is 43.7 cm³/mol. The van der Waals surface area contributed by atoms with Crippen LogP contribution < -0.4 is 5.32 Å². The lowest BCUT2D eigenvalue weighted by molar-refractivity contribution is 1.11. The van der Waals surface area contributed by atoms with E-state index >= 15 is 0 Å². The van der Waals surface area contributed by atoms with Gasteiger partial charge in [-0.05, 0) is 6.20 Å². The monoisotopic (exact) mass is 118 g/mol. The number of hydrogen-bond donors (Lipinski definition) is 1. The van der Waals surface area contributed by atoms with Gasteiger partial charge in [-0.25, -0.2) is 0 Å². The van der Waals surface area contributed by atoms with E-state index in [0.717, 1.165) is 0 Å². The van der Waals surface area contributed by atoms with Crippen LogP contribution in [0, 0.1) is 0 Å². The van der Waals surface area contributed by atoms with Crippen LogP contribution in [0.2, 0.25) is 6.32 Å². The van der Waals surface area contributed by atoms with Gasteiger partial charge in [-0.1, -0.05) is 6.32 Å². The molecule has 3 radical (unpaired) electrons. The molecule has 0 spiro atoms. The van der Waals surface area contributed by atoms with Gasteiger partial charge in [0.05, 0.1) is 7.85 Å². The molecule has 0 saturated heterocycles. The summed E-state index contributed by atoms with van der Waals surface area (Å²) in [5.74, 6) is 3.82. The molecule has 0 aromatic rings. The molecule has 0 atom stereocenters. The Balaban J connectivity index is 3.08. The van der Waals surface area contributed by atoms with Gasteiger partial charge in [-0.15, -0.1) is 18.0 Å². The normalized spacial score (nSPS) is 10.8. The molecule has 0 aliphatic rings. The average molecular weight is 118 g/mol. The maximum atomic E-state index is 5.20. The lowest BCUT2D eigenvalue weighted by atomic mass is 9.78. The first kappa shape index (κ1) is 8.41. The minimum atomic E-state index is 0.601. The van der Waals surface area contributed by atoms with Gasteiger partial charge in [0.25, 0.3) is 0 Å². The van der Waals surface area contributed by atoms with Gasteiger partial charge in [-0.3, -0.25) is 0 Å². The molecule has 0 aromatic heterocycles. The predicted octanol–water partition coefficient (Wildman–Crippen LogP) is 0.482. The van der Waals surface area contributed by atoms with Crippen LogP contribution in [0.5, 0.6) is 0 Å². The number of rotatable bonds is 4. The molecule has 0 fully saturated rings. The summed E-state index contributed by atoms with van der Waals surface area (Å²) in [6.45, 7) is 0. The fourth-order valence-corrected chi connectivity index (χ4v) is 0.373. The molecule has 1 nitrogen and oxygen atoms in total. The third-order valence-corrected chi connectivity index (χ3v) is 0.757. The summed E-state index contributed by atoms with van der Waals surface area (Å²) in [4.78, 5) is 0. The van der Waals surface area contributed by atoms with Crippen LogP contribution in [-0.4, -0.2) is 22.2 Å². The maximum Gasteiger partial charge on any atom is 0.172 e. The number of nitrogens with one attached hydrogen (secondary N) is 1. The zero-order chi connectivity index (χ0) is 6.95. The number of hydrogen-bond acceptors (Lipinski definition) is 1. The first-order valence-corrected chi connectivity index (χ1v) is 2.94. The van der Waals surface area contributed by atoms with E-state index in [-0.39, 0.29) is 0 Å². The van der Waals surface area contributed by atoms with E-state index in [1.807, 2.05) is 38.6 Å². The van der Waals surface area contributed by atoms with Crippen LogP contribution in [0.3, 0.4) is 0 Å². The van der Waals surface area contributed by atoms with E-state index in [4.69, 9.17) is 7.85 Å². The van der Waals surface area contributed by atoms with E-state index in [0.29, 0.717) is 6.32 Å². The Morgan fingerprint density at radius 3 is 2.89 bits per heavy atom. The van der Waals surface area contributed by atoms with Crippen LogP contribution in [0.1, 0.15) is 0 Å². The second kappa shape index (κ2) is 7.41. The molecular formula is C6H10B2N. The van der Waals surface area contributed by atoms with Crippen molar-refractivity contribution in [3.63, 3.8) is 0 Å². The summed E-state index contributed by atoms with van der Waals surface area (Å²) in [7, 11) is 8.97. The molecule has 0 bridgehead atoms. The minimum Gasteiger partial charge on any atom is -0.395 e. The van der Waals surface area contributed by atoms with Crippen LogP contribution in [-0.2, 0) is 0 Å². The molecule has 0 aliphatic carbocycles. The van der Waals surface area contributed by atoms with E-state index in [1.54, 1.807) is 0 Å². The fourth-order valence-electron chi connectivity index (χ4n) is 0.373. The summed E-state index contributed by atoms with van der Waals surface area (Å²) in [5, 5.41) is 2.87. The van der Waals surface area contributed by atoms with Gasteiger partial charge >= 0.3 is 0 Å². The van der Waals surface area contributed by atoms with Crippen molar-refractivity contribution in [1.29, 1.82) is 0 Å². The number of allylic oxidation sites excluding steroid dienone is 1. The molecule has 0 aromatic carbocycles. The average Bonchev–Trinajstić information content (AvgIpc) is 1.89. The Hall–Kier alpha value is -0.590. The topological polar surface area (TPSA) is 12.0 Å². The summed E-state index contributed by atoms with van der Waals surface area (Å²) < 4.78 is 0.